The van der Waals surface area contributed by atoms with E-state index in [0.29, 0.717) is 18.4 Å². The lowest BCUT2D eigenvalue weighted by atomic mass is 9.84. The van der Waals surface area contributed by atoms with Crippen LogP contribution in [0.15, 0.2) is 0 Å². The second-order valence-electron chi connectivity index (χ2n) is 5.25. The van der Waals surface area contributed by atoms with E-state index in [4.69, 9.17) is 6.42 Å². The topological polar surface area (TPSA) is 20.3 Å². The van der Waals surface area contributed by atoms with Crippen LogP contribution in [0.2, 0.25) is 0 Å². The molecule has 0 aromatic heterocycles. The molecule has 2 atom stereocenters. The molecule has 2 aliphatic rings. The van der Waals surface area contributed by atoms with Gasteiger partial charge >= 0.3 is 0 Å². The number of carbonyl (C=O) groups is 1. The number of amides is 1. The molecule has 2 rings (SSSR count). The van der Waals surface area contributed by atoms with Gasteiger partial charge in [-0.25, -0.2) is 0 Å². The number of rotatable bonds is 2. The van der Waals surface area contributed by atoms with Gasteiger partial charge in [-0.15, -0.1) is 12.3 Å². The summed E-state index contributed by atoms with van der Waals surface area (Å²) in [6.45, 7) is 2.99. The average molecular weight is 219 g/mol. The third kappa shape index (κ3) is 2.24. The molecule has 0 radical (unpaired) electrons. The Bertz CT molecular complexity index is 298. The molecular formula is C14H21NO. The van der Waals surface area contributed by atoms with Crippen molar-refractivity contribution in [3.05, 3.63) is 0 Å². The minimum Gasteiger partial charge on any atom is -0.338 e. The molecule has 1 amide bonds. The number of carbonyl (C=O) groups excluding carboxylic acids is 1. The SMILES string of the molecule is C#CC1CC(=O)N(C(C)C2CCCCC2)C1. The molecule has 2 fully saturated rings. The summed E-state index contributed by atoms with van der Waals surface area (Å²) < 4.78 is 0. The normalized spacial score (nSPS) is 29.1. The van der Waals surface area contributed by atoms with Crippen molar-refractivity contribution in [3.63, 3.8) is 0 Å². The molecular weight excluding hydrogens is 198 g/mol. The summed E-state index contributed by atoms with van der Waals surface area (Å²) in [7, 11) is 0. The van der Waals surface area contributed by atoms with Gasteiger partial charge in [-0.3, -0.25) is 4.79 Å². The van der Waals surface area contributed by atoms with Crippen LogP contribution in [0.5, 0.6) is 0 Å². The van der Waals surface area contributed by atoms with E-state index in [1.54, 1.807) is 0 Å². The fraction of sp³-hybridized carbons (Fsp3) is 0.786. The molecule has 1 saturated heterocycles. The third-order valence-corrected chi connectivity index (χ3v) is 4.22. The largest absolute Gasteiger partial charge is 0.338 e. The minimum atomic E-state index is 0.151. The highest BCUT2D eigenvalue weighted by Gasteiger charge is 2.35. The van der Waals surface area contributed by atoms with Gasteiger partial charge in [-0.1, -0.05) is 19.3 Å². The van der Waals surface area contributed by atoms with Crippen LogP contribution in [0.3, 0.4) is 0 Å². The van der Waals surface area contributed by atoms with Crippen molar-refractivity contribution in [1.29, 1.82) is 0 Å². The van der Waals surface area contributed by atoms with Crippen molar-refractivity contribution in [2.45, 2.75) is 51.5 Å². The summed E-state index contributed by atoms with van der Waals surface area (Å²) in [5.74, 6) is 3.84. The standard InChI is InChI=1S/C14H21NO/c1-3-12-9-14(16)15(10-12)11(2)13-7-5-4-6-8-13/h1,11-13H,4-10H2,2H3. The first-order valence-corrected chi connectivity index (χ1v) is 6.48. The Morgan fingerprint density at radius 1 is 1.38 bits per heavy atom. The lowest BCUT2D eigenvalue weighted by Crippen LogP contribution is -2.40. The van der Waals surface area contributed by atoms with Crippen molar-refractivity contribution in [2.24, 2.45) is 11.8 Å². The first-order chi connectivity index (χ1) is 7.72. The van der Waals surface area contributed by atoms with Gasteiger partial charge in [0, 0.05) is 24.9 Å². The Morgan fingerprint density at radius 3 is 2.62 bits per heavy atom. The Hall–Kier alpha value is -0.970. The minimum absolute atomic E-state index is 0.151. The van der Waals surface area contributed by atoms with Crippen molar-refractivity contribution in [1.82, 2.24) is 4.90 Å². The summed E-state index contributed by atoms with van der Waals surface area (Å²) in [5, 5.41) is 0. The third-order valence-electron chi connectivity index (χ3n) is 4.22. The molecule has 0 spiro atoms. The Kier molecular flexibility index (Phi) is 3.53. The van der Waals surface area contributed by atoms with E-state index in [0.717, 1.165) is 6.54 Å². The van der Waals surface area contributed by atoms with Crippen LogP contribution in [-0.2, 0) is 4.79 Å². The van der Waals surface area contributed by atoms with E-state index in [2.05, 4.69) is 12.8 Å². The monoisotopic (exact) mass is 219 g/mol. The maximum Gasteiger partial charge on any atom is 0.224 e. The van der Waals surface area contributed by atoms with Crippen molar-refractivity contribution in [2.75, 3.05) is 6.54 Å². The van der Waals surface area contributed by atoms with E-state index >= 15 is 0 Å². The maximum atomic E-state index is 11.9. The number of nitrogens with zero attached hydrogens (tertiary/aromatic N) is 1. The molecule has 1 saturated carbocycles. The molecule has 1 aliphatic heterocycles. The molecule has 0 N–H and O–H groups in total. The molecule has 0 bridgehead atoms. The molecule has 2 heteroatoms. The van der Waals surface area contributed by atoms with Gasteiger partial charge < -0.3 is 4.90 Å². The molecule has 0 aromatic carbocycles. The number of likely N-dealkylation sites (tertiary alicyclic amines) is 1. The van der Waals surface area contributed by atoms with Gasteiger partial charge in [-0.05, 0) is 25.7 Å². The van der Waals surface area contributed by atoms with Crippen LogP contribution in [0.1, 0.15) is 45.4 Å². The maximum absolute atomic E-state index is 11.9. The van der Waals surface area contributed by atoms with Crippen LogP contribution in [0.4, 0.5) is 0 Å². The van der Waals surface area contributed by atoms with E-state index in [1.807, 2.05) is 4.90 Å². The summed E-state index contributed by atoms with van der Waals surface area (Å²) in [4.78, 5) is 13.9. The highest BCUT2D eigenvalue weighted by molar-refractivity contribution is 5.79. The average Bonchev–Trinajstić information content (AvgIpc) is 2.71. The zero-order valence-electron chi connectivity index (χ0n) is 10.1. The fourth-order valence-corrected chi connectivity index (χ4v) is 3.11. The molecule has 2 nitrogen and oxygen atoms in total. The molecule has 1 aliphatic carbocycles. The van der Waals surface area contributed by atoms with Crippen LogP contribution in [-0.4, -0.2) is 23.4 Å². The lowest BCUT2D eigenvalue weighted by molar-refractivity contribution is -0.130. The molecule has 2 unspecified atom stereocenters. The van der Waals surface area contributed by atoms with Gasteiger partial charge in [0.15, 0.2) is 0 Å². The van der Waals surface area contributed by atoms with E-state index in [9.17, 15) is 4.79 Å². The van der Waals surface area contributed by atoms with Crippen molar-refractivity contribution >= 4 is 5.91 Å². The fourth-order valence-electron chi connectivity index (χ4n) is 3.11. The van der Waals surface area contributed by atoms with Crippen molar-refractivity contribution < 1.29 is 4.79 Å². The highest BCUT2D eigenvalue weighted by Crippen LogP contribution is 2.31. The zero-order valence-corrected chi connectivity index (χ0v) is 10.1. The Labute approximate surface area is 98.4 Å². The molecule has 0 aromatic rings. The van der Waals surface area contributed by atoms with Crippen LogP contribution >= 0.6 is 0 Å². The van der Waals surface area contributed by atoms with Crippen molar-refractivity contribution in [3.8, 4) is 12.3 Å². The van der Waals surface area contributed by atoms with Gasteiger partial charge in [0.1, 0.15) is 0 Å². The molecule has 16 heavy (non-hydrogen) atoms. The molecule has 88 valence electrons. The second-order valence-corrected chi connectivity index (χ2v) is 5.25. The lowest BCUT2D eigenvalue weighted by Gasteiger charge is -2.34. The first-order valence-electron chi connectivity index (χ1n) is 6.48. The number of hydrogen-bond donors (Lipinski definition) is 0. The molecule has 1 heterocycles. The smallest absolute Gasteiger partial charge is 0.224 e. The summed E-state index contributed by atoms with van der Waals surface area (Å²) >= 11 is 0. The van der Waals surface area contributed by atoms with E-state index in [1.165, 1.54) is 32.1 Å². The Balaban J connectivity index is 1.96. The van der Waals surface area contributed by atoms with E-state index in [-0.39, 0.29) is 11.8 Å². The first kappa shape index (κ1) is 11.5. The summed E-state index contributed by atoms with van der Waals surface area (Å²) in [6, 6.07) is 0.395. The summed E-state index contributed by atoms with van der Waals surface area (Å²) in [6.07, 6.45) is 12.6. The predicted octanol–water partition coefficient (Wildman–Crippen LogP) is 2.44. The zero-order chi connectivity index (χ0) is 11.5. The van der Waals surface area contributed by atoms with Crippen LogP contribution < -0.4 is 0 Å². The Morgan fingerprint density at radius 2 is 2.06 bits per heavy atom. The van der Waals surface area contributed by atoms with Crippen LogP contribution in [0.25, 0.3) is 0 Å². The van der Waals surface area contributed by atoms with Crippen LogP contribution in [0, 0.1) is 24.2 Å². The quantitative estimate of drug-likeness (QED) is 0.653. The highest BCUT2D eigenvalue weighted by atomic mass is 16.2. The van der Waals surface area contributed by atoms with Gasteiger partial charge in [0.2, 0.25) is 5.91 Å². The second kappa shape index (κ2) is 4.91. The van der Waals surface area contributed by atoms with Gasteiger partial charge in [0.25, 0.3) is 0 Å². The van der Waals surface area contributed by atoms with Gasteiger partial charge in [-0.2, -0.15) is 0 Å². The van der Waals surface area contributed by atoms with Gasteiger partial charge in [0.05, 0.1) is 0 Å². The number of hydrogen-bond acceptors (Lipinski definition) is 1. The number of terminal acetylenes is 1. The summed E-state index contributed by atoms with van der Waals surface area (Å²) in [5.41, 5.74) is 0. The predicted molar refractivity (Wildman–Crippen MR) is 64.7 cm³/mol. The van der Waals surface area contributed by atoms with E-state index < -0.39 is 0 Å².